The zero-order valence-electron chi connectivity index (χ0n) is 22.5. The van der Waals surface area contributed by atoms with Crippen LogP contribution in [-0.4, -0.2) is 55.8 Å². The van der Waals surface area contributed by atoms with Gasteiger partial charge < -0.3 is 28.8 Å². The van der Waals surface area contributed by atoms with Gasteiger partial charge in [0.2, 0.25) is 0 Å². The predicted molar refractivity (Wildman–Crippen MR) is 153 cm³/mol. The van der Waals surface area contributed by atoms with E-state index in [4.69, 9.17) is 23.7 Å². The van der Waals surface area contributed by atoms with Crippen molar-refractivity contribution in [1.82, 2.24) is 4.98 Å². The molecule has 0 spiro atoms. The highest BCUT2D eigenvalue weighted by Crippen LogP contribution is 2.46. The molecule has 1 atom stereocenters. The maximum Gasteiger partial charge on any atom is 0.301 e. The molecule has 4 aromatic rings. The second kappa shape index (κ2) is 10.7. The van der Waals surface area contributed by atoms with Gasteiger partial charge in [-0.15, -0.1) is 0 Å². The van der Waals surface area contributed by atoms with E-state index in [0.29, 0.717) is 70.3 Å². The number of fused-ring (bicyclic) bond motifs is 2. The third kappa shape index (κ3) is 4.57. The van der Waals surface area contributed by atoms with Crippen LogP contribution in [0.25, 0.3) is 16.0 Å². The minimum Gasteiger partial charge on any atom is -0.507 e. The molecule has 1 saturated heterocycles. The Bertz CT molecular complexity index is 1710. The lowest BCUT2D eigenvalue weighted by Crippen LogP contribution is -2.29. The van der Waals surface area contributed by atoms with Crippen LogP contribution in [0.3, 0.4) is 0 Å². The van der Waals surface area contributed by atoms with Gasteiger partial charge in [-0.05, 0) is 61.0 Å². The number of thiazole rings is 1. The number of nitrogens with zero attached hydrogens (tertiary/aromatic N) is 2. The standard InChI is InChI=1S/C30H26N2O8S/c1-4-38-20-9-5-16(13-22(20)37-3)26-25(27(33)17-6-10-21-23(14-17)40-12-11-39-21)28(34)29(35)32(26)30-31-19-8-7-18(36-2)15-24(19)41-30/h5-10,13-15,26,33H,4,11-12H2,1-3H3/t26-/m1/s1. The summed E-state index contributed by atoms with van der Waals surface area (Å²) in [7, 11) is 3.08. The summed E-state index contributed by atoms with van der Waals surface area (Å²) in [5, 5.41) is 11.9. The number of aromatic nitrogens is 1. The highest BCUT2D eigenvalue weighted by Gasteiger charge is 2.48. The van der Waals surface area contributed by atoms with E-state index in [2.05, 4.69) is 4.98 Å². The lowest BCUT2D eigenvalue weighted by atomic mass is 9.95. The Morgan fingerprint density at radius 3 is 2.56 bits per heavy atom. The molecular formula is C30H26N2O8S. The summed E-state index contributed by atoms with van der Waals surface area (Å²) < 4.78 is 28.6. The van der Waals surface area contributed by atoms with Gasteiger partial charge in [-0.2, -0.15) is 0 Å². The topological polar surface area (TPSA) is 117 Å². The Kier molecular flexibility index (Phi) is 6.88. The summed E-state index contributed by atoms with van der Waals surface area (Å²) in [5.41, 5.74) is 1.39. The zero-order valence-corrected chi connectivity index (χ0v) is 23.3. The second-order valence-corrected chi connectivity index (χ2v) is 10.2. The first-order chi connectivity index (χ1) is 19.9. The van der Waals surface area contributed by atoms with Crippen molar-refractivity contribution >= 4 is 44.1 Å². The van der Waals surface area contributed by atoms with Crippen LogP contribution in [0.15, 0.2) is 60.2 Å². The molecule has 2 aliphatic heterocycles. The average molecular weight is 575 g/mol. The summed E-state index contributed by atoms with van der Waals surface area (Å²) in [6.07, 6.45) is 0. The number of carbonyl (C=O) groups is 2. The second-order valence-electron chi connectivity index (χ2n) is 9.20. The molecule has 1 fully saturated rings. The van der Waals surface area contributed by atoms with Crippen molar-refractivity contribution in [1.29, 1.82) is 0 Å². The summed E-state index contributed by atoms with van der Waals surface area (Å²) in [6, 6.07) is 14.4. The van der Waals surface area contributed by atoms with E-state index in [9.17, 15) is 14.7 Å². The lowest BCUT2D eigenvalue weighted by Gasteiger charge is -2.24. The van der Waals surface area contributed by atoms with E-state index in [1.807, 2.05) is 13.0 Å². The van der Waals surface area contributed by atoms with Gasteiger partial charge in [0, 0.05) is 5.56 Å². The van der Waals surface area contributed by atoms with E-state index in [-0.39, 0.29) is 11.3 Å². The van der Waals surface area contributed by atoms with Crippen molar-refractivity contribution in [2.45, 2.75) is 13.0 Å². The van der Waals surface area contributed by atoms with Crippen LogP contribution in [0.1, 0.15) is 24.1 Å². The number of aliphatic hydroxyl groups excluding tert-OH is 1. The molecule has 10 nitrogen and oxygen atoms in total. The van der Waals surface area contributed by atoms with Gasteiger partial charge in [0.15, 0.2) is 28.1 Å². The monoisotopic (exact) mass is 574 g/mol. The highest BCUT2D eigenvalue weighted by molar-refractivity contribution is 7.22. The van der Waals surface area contributed by atoms with Crippen LogP contribution in [0.5, 0.6) is 28.7 Å². The minimum atomic E-state index is -1.00. The third-order valence-corrected chi connectivity index (χ3v) is 7.87. The van der Waals surface area contributed by atoms with E-state index < -0.39 is 17.7 Å². The third-order valence-electron chi connectivity index (χ3n) is 6.85. The molecular weight excluding hydrogens is 548 g/mol. The van der Waals surface area contributed by atoms with Gasteiger partial charge in [-0.3, -0.25) is 14.5 Å². The number of ether oxygens (including phenoxy) is 5. The molecule has 2 aliphatic rings. The fourth-order valence-corrected chi connectivity index (χ4v) is 5.96. The first kappa shape index (κ1) is 26.5. The van der Waals surface area contributed by atoms with Crippen LogP contribution >= 0.6 is 11.3 Å². The Balaban J connectivity index is 1.54. The fraction of sp³-hybridized carbons (Fsp3) is 0.233. The largest absolute Gasteiger partial charge is 0.507 e. The van der Waals surface area contributed by atoms with E-state index in [1.54, 1.807) is 55.6 Å². The Labute approximate surface area is 239 Å². The molecule has 1 aromatic heterocycles. The van der Waals surface area contributed by atoms with Gasteiger partial charge in [-0.25, -0.2) is 4.98 Å². The number of rotatable bonds is 7. The normalized spacial score (nSPS) is 17.6. The van der Waals surface area contributed by atoms with Crippen molar-refractivity contribution < 1.29 is 38.4 Å². The highest BCUT2D eigenvalue weighted by atomic mass is 32.1. The molecule has 3 aromatic carbocycles. The number of anilines is 1. The Hall–Kier alpha value is -4.77. The van der Waals surface area contributed by atoms with Crippen molar-refractivity contribution in [3.8, 4) is 28.7 Å². The Morgan fingerprint density at radius 1 is 1.00 bits per heavy atom. The zero-order chi connectivity index (χ0) is 28.7. The van der Waals surface area contributed by atoms with Crippen molar-refractivity contribution in [2.24, 2.45) is 0 Å². The molecule has 0 unspecified atom stereocenters. The number of aliphatic hydroxyl groups is 1. The number of hydrogen-bond donors (Lipinski definition) is 1. The average Bonchev–Trinajstić information content (AvgIpc) is 3.54. The van der Waals surface area contributed by atoms with Gasteiger partial charge in [-0.1, -0.05) is 17.4 Å². The van der Waals surface area contributed by atoms with Crippen LogP contribution in [0.2, 0.25) is 0 Å². The molecule has 1 amide bonds. The summed E-state index contributed by atoms with van der Waals surface area (Å²) in [5.74, 6) is 0.544. The van der Waals surface area contributed by atoms with Crippen molar-refractivity contribution in [3.05, 3.63) is 71.3 Å². The SMILES string of the molecule is CCOc1ccc([C@@H]2C(=C(O)c3ccc4c(c3)OCCO4)C(=O)C(=O)N2c2nc3ccc(OC)cc3s2)cc1OC. The van der Waals surface area contributed by atoms with E-state index in [0.717, 1.165) is 4.70 Å². The van der Waals surface area contributed by atoms with Crippen LogP contribution < -0.4 is 28.6 Å². The summed E-state index contributed by atoms with van der Waals surface area (Å²) in [6.45, 7) is 3.05. The summed E-state index contributed by atoms with van der Waals surface area (Å²) >= 11 is 1.24. The van der Waals surface area contributed by atoms with Crippen molar-refractivity contribution in [3.63, 3.8) is 0 Å². The molecule has 6 rings (SSSR count). The number of ketones is 1. The first-order valence-electron chi connectivity index (χ1n) is 12.9. The molecule has 1 N–H and O–H groups in total. The van der Waals surface area contributed by atoms with Crippen molar-refractivity contribution in [2.75, 3.05) is 38.9 Å². The molecule has 0 bridgehead atoms. The summed E-state index contributed by atoms with van der Waals surface area (Å²) in [4.78, 5) is 33.3. The van der Waals surface area contributed by atoms with E-state index in [1.165, 1.54) is 23.3 Å². The quantitative estimate of drug-likeness (QED) is 0.183. The van der Waals surface area contributed by atoms with Crippen LogP contribution in [0.4, 0.5) is 5.13 Å². The number of benzene rings is 3. The van der Waals surface area contributed by atoms with Crippen LogP contribution in [-0.2, 0) is 9.59 Å². The molecule has 0 saturated carbocycles. The number of methoxy groups -OCH3 is 2. The number of hydrogen-bond acceptors (Lipinski definition) is 10. The molecule has 210 valence electrons. The van der Waals surface area contributed by atoms with Gasteiger partial charge in [0.05, 0.1) is 42.7 Å². The minimum absolute atomic E-state index is 0.0882. The van der Waals surface area contributed by atoms with Gasteiger partial charge in [0.1, 0.15) is 24.7 Å². The smallest absolute Gasteiger partial charge is 0.301 e. The van der Waals surface area contributed by atoms with Crippen LogP contribution in [0, 0.1) is 0 Å². The predicted octanol–water partition coefficient (Wildman–Crippen LogP) is 5.11. The van der Waals surface area contributed by atoms with E-state index >= 15 is 0 Å². The maximum absolute atomic E-state index is 13.7. The lowest BCUT2D eigenvalue weighted by molar-refractivity contribution is -0.132. The molecule has 3 heterocycles. The molecule has 0 radical (unpaired) electrons. The molecule has 11 heteroatoms. The number of carbonyl (C=O) groups excluding carboxylic acids is 2. The maximum atomic E-state index is 13.7. The Morgan fingerprint density at radius 2 is 1.80 bits per heavy atom. The molecule has 0 aliphatic carbocycles. The first-order valence-corrected chi connectivity index (χ1v) is 13.7. The van der Waals surface area contributed by atoms with Gasteiger partial charge in [0.25, 0.3) is 5.78 Å². The molecule has 41 heavy (non-hydrogen) atoms. The number of Topliss-reactive ketones (excluding diaryl/α,β-unsaturated/α-hetero) is 1. The van der Waals surface area contributed by atoms with Gasteiger partial charge >= 0.3 is 5.91 Å². The fourth-order valence-electron chi connectivity index (χ4n) is 4.94. The number of amides is 1.